The van der Waals surface area contributed by atoms with Gasteiger partial charge in [0.25, 0.3) is 5.91 Å². The van der Waals surface area contributed by atoms with Gasteiger partial charge in [-0.1, -0.05) is 18.2 Å². The van der Waals surface area contributed by atoms with Gasteiger partial charge in [-0.05, 0) is 25.0 Å². The van der Waals surface area contributed by atoms with Crippen molar-refractivity contribution in [2.24, 2.45) is 0 Å². The third-order valence-electron chi connectivity index (χ3n) is 3.55. The highest BCUT2D eigenvalue weighted by atomic mass is 16.5. The van der Waals surface area contributed by atoms with E-state index in [0.29, 0.717) is 19.7 Å². The third-order valence-corrected chi connectivity index (χ3v) is 3.55. The first-order valence-electron chi connectivity index (χ1n) is 7.80. The maximum atomic E-state index is 12.0. The summed E-state index contributed by atoms with van der Waals surface area (Å²) in [6.45, 7) is 4.81. The quantitative estimate of drug-likeness (QED) is 0.531. The molecule has 2 rings (SSSR count). The lowest BCUT2D eigenvalue weighted by atomic mass is 10.1. The number of carbonyl (C=O) groups is 3. The number of amides is 3. The molecule has 128 valence electrons. The van der Waals surface area contributed by atoms with Crippen LogP contribution in [0.15, 0.2) is 36.9 Å². The molecule has 0 radical (unpaired) electrons. The van der Waals surface area contributed by atoms with E-state index in [4.69, 9.17) is 4.74 Å². The van der Waals surface area contributed by atoms with Crippen LogP contribution in [0.4, 0.5) is 5.69 Å². The second-order valence-corrected chi connectivity index (χ2v) is 5.34. The first kappa shape index (κ1) is 17.7. The summed E-state index contributed by atoms with van der Waals surface area (Å²) in [4.78, 5) is 35.9. The molecule has 1 atom stereocenters. The zero-order valence-electron chi connectivity index (χ0n) is 13.3. The van der Waals surface area contributed by atoms with Crippen LogP contribution in [0.1, 0.15) is 23.2 Å². The van der Waals surface area contributed by atoms with Crippen LogP contribution in [0, 0.1) is 0 Å². The molecule has 1 aliphatic rings. The highest BCUT2D eigenvalue weighted by molar-refractivity contribution is 6.40. The normalized spacial score (nSPS) is 16.2. The van der Waals surface area contributed by atoms with Crippen molar-refractivity contribution >= 4 is 23.4 Å². The van der Waals surface area contributed by atoms with Crippen molar-refractivity contribution in [3.05, 3.63) is 42.5 Å². The Bertz CT molecular complexity index is 624. The predicted octanol–water partition coefficient (Wildman–Crippen LogP) is 0.836. The minimum absolute atomic E-state index is 0.0429. The molecule has 7 nitrogen and oxygen atoms in total. The van der Waals surface area contributed by atoms with Crippen molar-refractivity contribution in [2.45, 2.75) is 18.9 Å². The molecule has 3 amide bonds. The molecule has 0 saturated carbocycles. The van der Waals surface area contributed by atoms with Gasteiger partial charge in [0.05, 0.1) is 17.4 Å². The zero-order valence-corrected chi connectivity index (χ0v) is 13.3. The Hall–Kier alpha value is -2.67. The molecule has 1 saturated heterocycles. The molecule has 1 aliphatic heterocycles. The van der Waals surface area contributed by atoms with E-state index in [9.17, 15) is 14.4 Å². The number of para-hydroxylation sites is 1. The first-order chi connectivity index (χ1) is 11.6. The van der Waals surface area contributed by atoms with Crippen LogP contribution in [0.25, 0.3) is 0 Å². The van der Waals surface area contributed by atoms with E-state index in [2.05, 4.69) is 22.5 Å². The van der Waals surface area contributed by atoms with Gasteiger partial charge < -0.3 is 20.7 Å². The maximum Gasteiger partial charge on any atom is 0.313 e. The topological polar surface area (TPSA) is 96.5 Å². The molecule has 1 aromatic rings. The van der Waals surface area contributed by atoms with Gasteiger partial charge in [0.1, 0.15) is 0 Å². The number of hydrogen-bond donors (Lipinski definition) is 3. The van der Waals surface area contributed by atoms with E-state index < -0.39 is 11.8 Å². The zero-order chi connectivity index (χ0) is 17.4. The lowest BCUT2D eigenvalue weighted by Crippen LogP contribution is -2.39. The smallest absolute Gasteiger partial charge is 0.313 e. The average molecular weight is 331 g/mol. The Morgan fingerprint density at radius 1 is 1.21 bits per heavy atom. The van der Waals surface area contributed by atoms with E-state index >= 15 is 0 Å². The fraction of sp³-hybridized carbons (Fsp3) is 0.353. The van der Waals surface area contributed by atoms with Gasteiger partial charge >= 0.3 is 11.8 Å². The molecule has 0 aliphatic carbocycles. The highest BCUT2D eigenvalue weighted by Gasteiger charge is 2.20. The molecule has 1 aromatic carbocycles. The molecular formula is C17H21N3O4. The van der Waals surface area contributed by atoms with Crippen molar-refractivity contribution < 1.29 is 19.1 Å². The highest BCUT2D eigenvalue weighted by Crippen LogP contribution is 2.15. The number of carbonyl (C=O) groups excluding carboxylic acids is 3. The van der Waals surface area contributed by atoms with Crippen molar-refractivity contribution in [3.63, 3.8) is 0 Å². The van der Waals surface area contributed by atoms with Crippen LogP contribution in [-0.2, 0) is 14.3 Å². The van der Waals surface area contributed by atoms with E-state index in [1.165, 1.54) is 0 Å². The lowest BCUT2D eigenvalue weighted by Gasteiger charge is -2.12. The first-order valence-corrected chi connectivity index (χ1v) is 7.80. The number of nitrogens with one attached hydrogen (secondary N) is 3. The SMILES string of the molecule is C=CCNC(=O)c1ccccc1NC(=O)C(=O)NC[C@@H]1CCCO1. The Morgan fingerprint density at radius 3 is 2.71 bits per heavy atom. The minimum Gasteiger partial charge on any atom is -0.376 e. The predicted molar refractivity (Wildman–Crippen MR) is 89.6 cm³/mol. The Labute approximate surface area is 140 Å². The summed E-state index contributed by atoms with van der Waals surface area (Å²) in [7, 11) is 0. The summed E-state index contributed by atoms with van der Waals surface area (Å²) < 4.78 is 5.38. The molecule has 3 N–H and O–H groups in total. The molecule has 0 spiro atoms. The molecule has 7 heteroatoms. The number of rotatable bonds is 6. The van der Waals surface area contributed by atoms with Gasteiger partial charge in [-0.25, -0.2) is 0 Å². The number of hydrogen-bond acceptors (Lipinski definition) is 4. The number of benzene rings is 1. The molecule has 0 unspecified atom stereocenters. The fourth-order valence-corrected chi connectivity index (χ4v) is 2.32. The van der Waals surface area contributed by atoms with Gasteiger partial charge in [0, 0.05) is 19.7 Å². The van der Waals surface area contributed by atoms with Crippen LogP contribution < -0.4 is 16.0 Å². The van der Waals surface area contributed by atoms with Crippen molar-refractivity contribution in [2.75, 3.05) is 25.0 Å². The van der Waals surface area contributed by atoms with E-state index in [1.54, 1.807) is 30.3 Å². The van der Waals surface area contributed by atoms with Crippen LogP contribution >= 0.6 is 0 Å². The second-order valence-electron chi connectivity index (χ2n) is 5.34. The van der Waals surface area contributed by atoms with E-state index in [0.717, 1.165) is 12.8 Å². The summed E-state index contributed by atoms with van der Waals surface area (Å²) >= 11 is 0. The van der Waals surface area contributed by atoms with Crippen molar-refractivity contribution in [3.8, 4) is 0 Å². The summed E-state index contributed by atoms with van der Waals surface area (Å²) in [6, 6.07) is 6.48. The third kappa shape index (κ3) is 4.92. The largest absolute Gasteiger partial charge is 0.376 e. The van der Waals surface area contributed by atoms with Crippen molar-refractivity contribution in [1.29, 1.82) is 0 Å². The van der Waals surface area contributed by atoms with E-state index in [1.807, 2.05) is 0 Å². The van der Waals surface area contributed by atoms with Gasteiger partial charge in [0.2, 0.25) is 0 Å². The monoisotopic (exact) mass is 331 g/mol. The Balaban J connectivity index is 1.93. The van der Waals surface area contributed by atoms with E-state index in [-0.39, 0.29) is 23.3 Å². The molecule has 1 heterocycles. The van der Waals surface area contributed by atoms with Crippen LogP contribution in [0.3, 0.4) is 0 Å². The molecule has 0 bridgehead atoms. The summed E-state index contributed by atoms with van der Waals surface area (Å²) in [5.41, 5.74) is 0.552. The second kappa shape index (κ2) is 8.83. The molecule has 1 fully saturated rings. The van der Waals surface area contributed by atoms with Gasteiger partial charge in [-0.2, -0.15) is 0 Å². The summed E-state index contributed by atoms with van der Waals surface area (Å²) in [6.07, 6.45) is 3.34. The molecule has 0 aromatic heterocycles. The van der Waals surface area contributed by atoms with Gasteiger partial charge in [-0.15, -0.1) is 6.58 Å². The fourth-order valence-electron chi connectivity index (χ4n) is 2.32. The minimum atomic E-state index is -0.822. The van der Waals surface area contributed by atoms with Gasteiger partial charge in [0.15, 0.2) is 0 Å². The molecular weight excluding hydrogens is 310 g/mol. The van der Waals surface area contributed by atoms with Crippen molar-refractivity contribution in [1.82, 2.24) is 10.6 Å². The maximum absolute atomic E-state index is 12.0. The Morgan fingerprint density at radius 2 is 2.00 bits per heavy atom. The lowest BCUT2D eigenvalue weighted by molar-refractivity contribution is -0.136. The summed E-state index contributed by atoms with van der Waals surface area (Å²) in [5.74, 6) is -1.94. The number of anilines is 1. The standard InChI is InChI=1S/C17H21N3O4/c1-2-9-18-15(21)13-7-3-4-8-14(13)20-17(23)16(22)19-11-12-6-5-10-24-12/h2-4,7-8,12H,1,5-6,9-11H2,(H,18,21)(H,19,22)(H,20,23)/t12-/m0/s1. The summed E-state index contributed by atoms with van der Waals surface area (Å²) in [5, 5.41) is 7.63. The van der Waals surface area contributed by atoms with Crippen LogP contribution in [0.5, 0.6) is 0 Å². The molecule has 24 heavy (non-hydrogen) atoms. The van der Waals surface area contributed by atoms with Crippen LogP contribution in [-0.4, -0.2) is 43.5 Å². The Kier molecular flexibility index (Phi) is 6.51. The van der Waals surface area contributed by atoms with Gasteiger partial charge in [-0.3, -0.25) is 14.4 Å². The number of ether oxygens (including phenoxy) is 1. The average Bonchev–Trinajstić information content (AvgIpc) is 3.11. The van der Waals surface area contributed by atoms with Crippen LogP contribution in [0.2, 0.25) is 0 Å².